The monoisotopic (exact) mass is 452 g/mol. The number of rotatable bonds is 7. The summed E-state index contributed by atoms with van der Waals surface area (Å²) >= 11 is 0. The number of likely N-dealkylation sites (tertiary alicyclic amines) is 1. The number of carbonyl (C=O) groups is 1. The number of piperidine rings is 1. The molecule has 7 nitrogen and oxygen atoms in total. The minimum absolute atomic E-state index is 0.0505. The van der Waals surface area contributed by atoms with Crippen molar-refractivity contribution in [2.45, 2.75) is 25.8 Å². The van der Waals surface area contributed by atoms with Crippen molar-refractivity contribution in [1.82, 2.24) is 20.1 Å². The van der Waals surface area contributed by atoms with Crippen LogP contribution in [0.5, 0.6) is 0 Å². The minimum atomic E-state index is -0.462. The van der Waals surface area contributed by atoms with Crippen LogP contribution in [0, 0.1) is 11.3 Å². The molecule has 2 aliphatic rings. The van der Waals surface area contributed by atoms with Crippen LogP contribution >= 0.6 is 0 Å². The topological polar surface area (TPSA) is 98.3 Å². The summed E-state index contributed by atoms with van der Waals surface area (Å²) < 4.78 is 13.8. The van der Waals surface area contributed by atoms with Gasteiger partial charge in [-0.2, -0.15) is 0 Å². The van der Waals surface area contributed by atoms with Crippen LogP contribution in [0.2, 0.25) is 0 Å². The van der Waals surface area contributed by atoms with Crippen molar-refractivity contribution in [2.24, 2.45) is 11.7 Å². The summed E-state index contributed by atoms with van der Waals surface area (Å²) in [6, 6.07) is 3.31. The van der Waals surface area contributed by atoms with Crippen LogP contribution < -0.4 is 11.1 Å². The highest BCUT2D eigenvalue weighted by atomic mass is 19.1. The van der Waals surface area contributed by atoms with Gasteiger partial charge in [-0.05, 0) is 24.5 Å². The Hall–Kier alpha value is -3.26. The van der Waals surface area contributed by atoms with Crippen molar-refractivity contribution in [3.8, 4) is 0 Å². The molecule has 1 fully saturated rings. The van der Waals surface area contributed by atoms with Crippen molar-refractivity contribution >= 4 is 11.7 Å². The zero-order valence-corrected chi connectivity index (χ0v) is 19.2. The second-order valence-corrected chi connectivity index (χ2v) is 8.80. The van der Waals surface area contributed by atoms with E-state index in [1.165, 1.54) is 0 Å². The summed E-state index contributed by atoms with van der Waals surface area (Å²) in [5.41, 5.74) is 9.06. The molecule has 0 saturated carbocycles. The van der Waals surface area contributed by atoms with Crippen LogP contribution in [-0.2, 0) is 0 Å². The maximum Gasteiger partial charge on any atom is 0.317 e. The maximum atomic E-state index is 13.8. The molecule has 3 rings (SSSR count). The van der Waals surface area contributed by atoms with E-state index in [1.54, 1.807) is 41.6 Å². The Morgan fingerprint density at radius 1 is 1.39 bits per heavy atom. The van der Waals surface area contributed by atoms with Crippen LogP contribution in [0.1, 0.15) is 25.3 Å². The van der Waals surface area contributed by atoms with Gasteiger partial charge in [0.2, 0.25) is 0 Å². The molecule has 0 radical (unpaired) electrons. The van der Waals surface area contributed by atoms with Crippen molar-refractivity contribution in [3.05, 3.63) is 78.1 Å². The van der Waals surface area contributed by atoms with Crippen molar-refractivity contribution in [2.75, 3.05) is 32.7 Å². The molecule has 1 saturated heterocycles. The first-order valence-corrected chi connectivity index (χ1v) is 11.2. The third-order valence-corrected chi connectivity index (χ3v) is 6.07. The number of allylic oxidation sites excluding steroid dienone is 2. The highest BCUT2D eigenvalue weighted by Crippen LogP contribution is 2.22. The van der Waals surface area contributed by atoms with E-state index in [0.29, 0.717) is 61.1 Å². The second kappa shape index (κ2) is 11.0. The summed E-state index contributed by atoms with van der Waals surface area (Å²) in [6.07, 6.45) is 7.85. The molecular weight excluding hydrogens is 419 g/mol. The van der Waals surface area contributed by atoms with E-state index in [0.717, 1.165) is 18.5 Å². The average Bonchev–Trinajstić information content (AvgIpc) is 2.78. The Kier molecular flexibility index (Phi) is 8.16. The van der Waals surface area contributed by atoms with E-state index in [-0.39, 0.29) is 12.1 Å². The van der Waals surface area contributed by atoms with Gasteiger partial charge in [-0.1, -0.05) is 32.2 Å². The zero-order valence-electron chi connectivity index (χ0n) is 19.2. The molecule has 176 valence electrons. The quantitative estimate of drug-likeness (QED) is 0.436. The predicted octanol–water partition coefficient (Wildman–Crippen LogP) is 3.38. The Balaban J connectivity index is 1.63. The molecular formula is C25H33FN6O. The van der Waals surface area contributed by atoms with Gasteiger partial charge < -0.3 is 16.0 Å². The van der Waals surface area contributed by atoms with E-state index in [4.69, 9.17) is 11.1 Å². The summed E-state index contributed by atoms with van der Waals surface area (Å²) in [4.78, 5) is 20.9. The molecule has 2 aliphatic heterocycles. The molecule has 1 aromatic rings. The molecule has 0 bridgehead atoms. The lowest BCUT2D eigenvalue weighted by Gasteiger charge is -2.38. The zero-order chi connectivity index (χ0) is 24.0. The van der Waals surface area contributed by atoms with Gasteiger partial charge in [0, 0.05) is 73.4 Å². The molecule has 8 heteroatoms. The number of nitrogens with zero attached hydrogens (tertiary/aromatic N) is 3. The van der Waals surface area contributed by atoms with E-state index in [2.05, 4.69) is 35.3 Å². The van der Waals surface area contributed by atoms with Crippen LogP contribution in [0.3, 0.4) is 0 Å². The SMILES string of the molecule is C=C/C=C(/CN1CC(C)CC(NC(=O)N2CCC(N)=C(C(=N)c3ccncc3)C2)C1)C(=C)F. The molecule has 1 aromatic heterocycles. The maximum absolute atomic E-state index is 13.8. The molecule has 2 amide bonds. The van der Waals surface area contributed by atoms with E-state index < -0.39 is 5.83 Å². The average molecular weight is 453 g/mol. The fraction of sp³-hybridized carbons (Fsp3) is 0.400. The molecule has 33 heavy (non-hydrogen) atoms. The van der Waals surface area contributed by atoms with Gasteiger partial charge in [-0.3, -0.25) is 15.3 Å². The molecule has 4 N–H and O–H groups in total. The number of urea groups is 1. The molecule has 0 spiro atoms. The van der Waals surface area contributed by atoms with Gasteiger partial charge in [0.15, 0.2) is 0 Å². The number of nitrogens with one attached hydrogen (secondary N) is 2. The highest BCUT2D eigenvalue weighted by molar-refractivity contribution is 6.11. The Morgan fingerprint density at radius 3 is 2.79 bits per heavy atom. The Bertz CT molecular complexity index is 970. The lowest BCUT2D eigenvalue weighted by atomic mass is 9.95. The van der Waals surface area contributed by atoms with Crippen LogP contribution in [0.4, 0.5) is 9.18 Å². The van der Waals surface area contributed by atoms with Gasteiger partial charge in [0.25, 0.3) is 0 Å². The van der Waals surface area contributed by atoms with Gasteiger partial charge >= 0.3 is 6.03 Å². The lowest BCUT2D eigenvalue weighted by Crippen LogP contribution is -2.54. The summed E-state index contributed by atoms with van der Waals surface area (Å²) in [7, 11) is 0. The van der Waals surface area contributed by atoms with Crippen LogP contribution in [0.15, 0.2) is 72.5 Å². The van der Waals surface area contributed by atoms with E-state index in [9.17, 15) is 9.18 Å². The molecule has 2 unspecified atom stereocenters. The summed E-state index contributed by atoms with van der Waals surface area (Å²) in [5, 5.41) is 11.7. The fourth-order valence-electron chi connectivity index (χ4n) is 4.46. The van der Waals surface area contributed by atoms with Gasteiger partial charge in [0.1, 0.15) is 5.83 Å². The lowest BCUT2D eigenvalue weighted by molar-refractivity contribution is 0.149. The highest BCUT2D eigenvalue weighted by Gasteiger charge is 2.30. The Morgan fingerprint density at radius 2 is 2.12 bits per heavy atom. The first-order chi connectivity index (χ1) is 15.8. The number of hydrogen-bond donors (Lipinski definition) is 3. The predicted molar refractivity (Wildman–Crippen MR) is 130 cm³/mol. The molecule has 3 heterocycles. The van der Waals surface area contributed by atoms with E-state index in [1.807, 2.05) is 0 Å². The fourth-order valence-corrected chi connectivity index (χ4v) is 4.46. The number of nitrogens with two attached hydrogens (primary N) is 1. The Labute approximate surface area is 195 Å². The van der Waals surface area contributed by atoms with Crippen molar-refractivity contribution < 1.29 is 9.18 Å². The van der Waals surface area contributed by atoms with Crippen molar-refractivity contribution in [1.29, 1.82) is 5.41 Å². The summed E-state index contributed by atoms with van der Waals surface area (Å²) in [6.45, 7) is 11.9. The first-order valence-electron chi connectivity index (χ1n) is 11.2. The minimum Gasteiger partial charge on any atom is -0.402 e. The number of pyridine rings is 1. The third kappa shape index (κ3) is 6.38. The summed E-state index contributed by atoms with van der Waals surface area (Å²) in [5.74, 6) is -0.107. The van der Waals surface area contributed by atoms with E-state index >= 15 is 0 Å². The smallest absolute Gasteiger partial charge is 0.317 e. The number of aromatic nitrogens is 1. The number of carbonyl (C=O) groups excluding carboxylic acids is 1. The number of halogens is 1. The number of hydrogen-bond acceptors (Lipinski definition) is 5. The standard InChI is InChI=1S/C25H33FN6O/c1-4-5-20(18(3)26)14-31-13-17(2)12-21(15-31)30-25(33)32-11-8-23(27)22(16-32)24(28)19-6-9-29-10-7-19/h4-7,9-10,17,21,28H,1,3,8,11-16,27H2,2H3,(H,30,33)/b20-5-,28-24?. The number of amides is 2. The molecule has 0 aliphatic carbocycles. The van der Waals surface area contributed by atoms with Crippen LogP contribution in [0.25, 0.3) is 0 Å². The largest absolute Gasteiger partial charge is 0.402 e. The van der Waals surface area contributed by atoms with Gasteiger partial charge in [-0.15, -0.1) is 0 Å². The first kappa shape index (κ1) is 24.4. The van der Waals surface area contributed by atoms with Crippen LogP contribution in [-0.4, -0.2) is 65.3 Å². The van der Waals surface area contributed by atoms with Gasteiger partial charge in [-0.25, -0.2) is 9.18 Å². The normalized spacial score (nSPS) is 22.1. The van der Waals surface area contributed by atoms with Crippen molar-refractivity contribution in [3.63, 3.8) is 0 Å². The third-order valence-electron chi connectivity index (χ3n) is 6.07. The molecule has 2 atom stereocenters. The van der Waals surface area contributed by atoms with Gasteiger partial charge in [0.05, 0.1) is 12.3 Å². The molecule has 0 aromatic carbocycles. The second-order valence-electron chi connectivity index (χ2n) is 8.80.